The Labute approximate surface area is 180 Å². The lowest BCUT2D eigenvalue weighted by atomic mass is 10.2. The van der Waals surface area contributed by atoms with Gasteiger partial charge in [-0.3, -0.25) is 9.69 Å². The van der Waals surface area contributed by atoms with Crippen molar-refractivity contribution in [2.24, 2.45) is 0 Å². The monoisotopic (exact) mass is 423 g/mol. The first kappa shape index (κ1) is 20.5. The molecular formula is C22H25N5O2S. The Morgan fingerprint density at radius 2 is 1.93 bits per heavy atom. The summed E-state index contributed by atoms with van der Waals surface area (Å²) in [6.07, 6.45) is 0.482. The zero-order chi connectivity index (χ0) is 20.6. The van der Waals surface area contributed by atoms with Gasteiger partial charge < -0.3 is 15.4 Å². The molecule has 1 fully saturated rings. The van der Waals surface area contributed by atoms with E-state index in [1.165, 1.54) is 11.5 Å². The van der Waals surface area contributed by atoms with Gasteiger partial charge in [0.2, 0.25) is 11.0 Å². The highest BCUT2D eigenvalue weighted by Crippen LogP contribution is 2.21. The predicted octanol–water partition coefficient (Wildman–Crippen LogP) is 3.48. The quantitative estimate of drug-likeness (QED) is 0.578. The smallest absolute Gasteiger partial charge is 0.225 e. The number of morpholine rings is 1. The molecule has 4 rings (SSSR count). The van der Waals surface area contributed by atoms with Crippen LogP contribution in [0.1, 0.15) is 12.0 Å². The molecule has 2 heterocycles. The third kappa shape index (κ3) is 5.85. The lowest BCUT2D eigenvalue weighted by Crippen LogP contribution is -2.38. The number of anilines is 2. The van der Waals surface area contributed by atoms with E-state index in [2.05, 4.69) is 24.9 Å². The SMILES string of the molecule is O=C(CCN1CCOCC1)Nc1cccc(CNc2nc(-c3ccccc3)ns2)c1. The number of carbonyl (C=O) groups excluding carboxylic acids is 1. The Balaban J connectivity index is 1.27. The van der Waals surface area contributed by atoms with Crippen LogP contribution in [0, 0.1) is 0 Å². The van der Waals surface area contributed by atoms with Crippen LogP contribution < -0.4 is 10.6 Å². The molecule has 7 nitrogen and oxygen atoms in total. The highest BCUT2D eigenvalue weighted by Gasteiger charge is 2.12. The predicted molar refractivity (Wildman–Crippen MR) is 120 cm³/mol. The summed E-state index contributed by atoms with van der Waals surface area (Å²) in [5.41, 5.74) is 2.88. The fraction of sp³-hybridized carbons (Fsp3) is 0.318. The maximum absolute atomic E-state index is 12.3. The van der Waals surface area contributed by atoms with Crippen LogP contribution in [0.2, 0.25) is 0 Å². The minimum atomic E-state index is 0.0308. The molecule has 1 aromatic heterocycles. The zero-order valence-electron chi connectivity index (χ0n) is 16.7. The van der Waals surface area contributed by atoms with Crippen LogP contribution in [-0.4, -0.2) is 53.0 Å². The highest BCUT2D eigenvalue weighted by atomic mass is 32.1. The lowest BCUT2D eigenvalue weighted by Gasteiger charge is -2.26. The van der Waals surface area contributed by atoms with Crippen molar-refractivity contribution in [1.82, 2.24) is 14.3 Å². The maximum Gasteiger partial charge on any atom is 0.225 e. The third-order valence-electron chi connectivity index (χ3n) is 4.87. The number of amides is 1. The van der Waals surface area contributed by atoms with Gasteiger partial charge in [0.25, 0.3) is 0 Å². The van der Waals surface area contributed by atoms with E-state index in [-0.39, 0.29) is 5.91 Å². The number of nitrogens with zero attached hydrogens (tertiary/aromatic N) is 3. The number of rotatable bonds is 8. The fourth-order valence-corrected chi connectivity index (χ4v) is 3.83. The molecule has 0 saturated carbocycles. The fourth-order valence-electron chi connectivity index (χ4n) is 3.24. The normalized spacial score (nSPS) is 14.4. The number of hydrogen-bond acceptors (Lipinski definition) is 7. The Morgan fingerprint density at radius 3 is 2.77 bits per heavy atom. The Hall–Kier alpha value is -2.81. The average Bonchev–Trinajstić information content (AvgIpc) is 3.27. The standard InChI is InChI=1S/C22H25N5O2S/c28-20(9-10-27-11-13-29-14-12-27)24-19-8-4-5-17(15-19)16-23-22-25-21(26-30-22)18-6-2-1-3-7-18/h1-8,15H,9-14,16H2,(H,24,28)(H,23,25,26). The molecule has 2 aromatic carbocycles. The Morgan fingerprint density at radius 1 is 1.10 bits per heavy atom. The molecule has 3 aromatic rings. The van der Waals surface area contributed by atoms with Gasteiger partial charge in [-0.15, -0.1) is 0 Å². The molecule has 30 heavy (non-hydrogen) atoms. The van der Waals surface area contributed by atoms with Crippen molar-refractivity contribution in [1.29, 1.82) is 0 Å². The topological polar surface area (TPSA) is 79.4 Å². The summed E-state index contributed by atoms with van der Waals surface area (Å²) < 4.78 is 9.75. The summed E-state index contributed by atoms with van der Waals surface area (Å²) in [6.45, 7) is 4.66. The molecule has 0 aliphatic carbocycles. The van der Waals surface area contributed by atoms with Crippen LogP contribution in [0.15, 0.2) is 54.6 Å². The van der Waals surface area contributed by atoms with E-state index in [0.717, 1.165) is 60.6 Å². The van der Waals surface area contributed by atoms with Crippen molar-refractivity contribution >= 4 is 28.3 Å². The van der Waals surface area contributed by atoms with E-state index in [9.17, 15) is 4.79 Å². The first-order valence-electron chi connectivity index (χ1n) is 10.1. The van der Waals surface area contributed by atoms with Crippen molar-refractivity contribution in [3.05, 3.63) is 60.2 Å². The number of carbonyl (C=O) groups is 1. The van der Waals surface area contributed by atoms with E-state index >= 15 is 0 Å². The number of hydrogen-bond donors (Lipinski definition) is 2. The number of aromatic nitrogens is 2. The van der Waals surface area contributed by atoms with E-state index in [1.54, 1.807) is 0 Å². The molecule has 1 amide bonds. The van der Waals surface area contributed by atoms with Crippen molar-refractivity contribution in [3.8, 4) is 11.4 Å². The Kier molecular flexibility index (Phi) is 7.02. The molecule has 0 bridgehead atoms. The van der Waals surface area contributed by atoms with Crippen molar-refractivity contribution in [2.75, 3.05) is 43.5 Å². The van der Waals surface area contributed by atoms with Crippen LogP contribution in [0.5, 0.6) is 0 Å². The van der Waals surface area contributed by atoms with Gasteiger partial charge in [0.05, 0.1) is 13.2 Å². The van der Waals surface area contributed by atoms with E-state index in [0.29, 0.717) is 13.0 Å². The van der Waals surface area contributed by atoms with Gasteiger partial charge in [0.1, 0.15) is 0 Å². The second-order valence-corrected chi connectivity index (χ2v) is 7.85. The van der Waals surface area contributed by atoms with Gasteiger partial charge >= 0.3 is 0 Å². The second kappa shape index (κ2) is 10.3. The number of nitrogens with one attached hydrogen (secondary N) is 2. The summed E-state index contributed by atoms with van der Waals surface area (Å²) >= 11 is 1.34. The van der Waals surface area contributed by atoms with E-state index < -0.39 is 0 Å². The minimum absolute atomic E-state index is 0.0308. The molecule has 0 spiro atoms. The minimum Gasteiger partial charge on any atom is -0.379 e. The Bertz CT molecular complexity index is 957. The van der Waals surface area contributed by atoms with Crippen molar-refractivity contribution in [3.63, 3.8) is 0 Å². The van der Waals surface area contributed by atoms with Gasteiger partial charge in [0, 0.05) is 55.4 Å². The third-order valence-corrected chi connectivity index (χ3v) is 5.54. The van der Waals surface area contributed by atoms with Gasteiger partial charge in [-0.1, -0.05) is 42.5 Å². The molecule has 1 saturated heterocycles. The van der Waals surface area contributed by atoms with Crippen LogP contribution in [0.25, 0.3) is 11.4 Å². The van der Waals surface area contributed by atoms with Crippen molar-refractivity contribution < 1.29 is 9.53 Å². The summed E-state index contributed by atoms with van der Waals surface area (Å²) in [6, 6.07) is 17.8. The number of ether oxygens (including phenoxy) is 1. The molecule has 8 heteroatoms. The van der Waals surface area contributed by atoms with E-state index in [4.69, 9.17) is 4.74 Å². The van der Waals surface area contributed by atoms with E-state index in [1.807, 2.05) is 54.6 Å². The maximum atomic E-state index is 12.3. The van der Waals surface area contributed by atoms with Crippen LogP contribution in [0.3, 0.4) is 0 Å². The molecule has 0 radical (unpaired) electrons. The summed E-state index contributed by atoms with van der Waals surface area (Å²) in [7, 11) is 0. The van der Waals surface area contributed by atoms with Crippen LogP contribution in [0.4, 0.5) is 10.8 Å². The molecule has 156 valence electrons. The van der Waals surface area contributed by atoms with Crippen LogP contribution in [-0.2, 0) is 16.1 Å². The van der Waals surface area contributed by atoms with Gasteiger partial charge in [-0.2, -0.15) is 9.36 Å². The van der Waals surface area contributed by atoms with Gasteiger partial charge in [-0.05, 0) is 17.7 Å². The zero-order valence-corrected chi connectivity index (χ0v) is 17.5. The summed E-state index contributed by atoms with van der Waals surface area (Å²) in [5.74, 6) is 0.757. The highest BCUT2D eigenvalue weighted by molar-refractivity contribution is 7.09. The lowest BCUT2D eigenvalue weighted by molar-refractivity contribution is -0.116. The van der Waals surface area contributed by atoms with Gasteiger partial charge in [-0.25, -0.2) is 0 Å². The molecule has 0 atom stereocenters. The summed E-state index contributed by atoms with van der Waals surface area (Å²) in [4.78, 5) is 19.1. The average molecular weight is 424 g/mol. The molecular weight excluding hydrogens is 398 g/mol. The second-order valence-electron chi connectivity index (χ2n) is 7.10. The first-order chi connectivity index (χ1) is 14.8. The first-order valence-corrected chi connectivity index (χ1v) is 10.9. The molecule has 2 N–H and O–H groups in total. The molecule has 0 unspecified atom stereocenters. The molecule has 1 aliphatic heterocycles. The summed E-state index contributed by atoms with van der Waals surface area (Å²) in [5, 5.41) is 7.08. The largest absolute Gasteiger partial charge is 0.379 e. The van der Waals surface area contributed by atoms with Crippen LogP contribution >= 0.6 is 11.5 Å². The molecule has 1 aliphatic rings. The van der Waals surface area contributed by atoms with Gasteiger partial charge in [0.15, 0.2) is 5.82 Å². The van der Waals surface area contributed by atoms with Crippen molar-refractivity contribution in [2.45, 2.75) is 13.0 Å². The number of benzene rings is 2.